The largest absolute Gasteiger partial charge is 0.244 e. The first-order valence-corrected chi connectivity index (χ1v) is 15.4. The van der Waals surface area contributed by atoms with Crippen molar-refractivity contribution in [2.75, 3.05) is 0 Å². The summed E-state index contributed by atoms with van der Waals surface area (Å²) in [5.74, 6) is 0. The molecule has 0 radical (unpaired) electrons. The lowest BCUT2D eigenvalue weighted by atomic mass is 9.99. The third-order valence-electron chi connectivity index (χ3n) is 6.84. The Bertz CT molecular complexity index is 1280. The van der Waals surface area contributed by atoms with Gasteiger partial charge in [0.25, 0.3) is 0 Å². The molecule has 0 amide bonds. The van der Waals surface area contributed by atoms with Gasteiger partial charge >= 0.3 is 0 Å². The highest BCUT2D eigenvalue weighted by molar-refractivity contribution is 7.95. The van der Waals surface area contributed by atoms with Crippen molar-refractivity contribution >= 4 is 28.3 Å². The van der Waals surface area contributed by atoms with Crippen LogP contribution in [0.25, 0.3) is 0 Å². The zero-order valence-electron chi connectivity index (χ0n) is 19.9. The minimum atomic E-state index is -2.64. The fourth-order valence-electron chi connectivity index (χ4n) is 5.17. The lowest BCUT2D eigenvalue weighted by Gasteiger charge is -2.39. The summed E-state index contributed by atoms with van der Waals surface area (Å²) in [6.45, 7) is 0.479. The van der Waals surface area contributed by atoms with E-state index in [9.17, 15) is 0 Å². The average molecular weight is 498 g/mol. The first-order chi connectivity index (χ1) is 17.3. The molecule has 0 spiro atoms. The Morgan fingerprint density at radius 3 is 1.71 bits per heavy atom. The summed E-state index contributed by atoms with van der Waals surface area (Å²) < 4.78 is 20.2. The van der Waals surface area contributed by atoms with Crippen LogP contribution in [-0.2, 0) is 16.3 Å². The Kier molecular flexibility index (Phi) is 7.76. The molecule has 5 rings (SSSR count). The zero-order valence-corrected chi connectivity index (χ0v) is 21.7. The van der Waals surface area contributed by atoms with Gasteiger partial charge in [0.05, 0.1) is 21.5 Å². The lowest BCUT2D eigenvalue weighted by molar-refractivity contribution is 0.509. The molecule has 3 atom stereocenters. The van der Waals surface area contributed by atoms with Crippen LogP contribution in [0.15, 0.2) is 131 Å². The molecule has 0 N–H and O–H groups in total. The van der Waals surface area contributed by atoms with Crippen LogP contribution >= 0.6 is 7.92 Å². The Hall–Kier alpha value is -2.74. The van der Waals surface area contributed by atoms with E-state index in [2.05, 4.69) is 72.8 Å². The molecule has 3 unspecified atom stereocenters. The van der Waals surface area contributed by atoms with Crippen LogP contribution in [0.2, 0.25) is 0 Å². The Morgan fingerprint density at radius 2 is 1.14 bits per heavy atom. The molecule has 2 nitrogen and oxygen atoms in total. The third-order valence-corrected chi connectivity index (χ3v) is 12.9. The summed E-state index contributed by atoms with van der Waals surface area (Å²) in [7, 11) is -3.30. The molecule has 0 heterocycles. The molecule has 1 saturated carbocycles. The van der Waals surface area contributed by atoms with Gasteiger partial charge in [-0.3, -0.25) is 0 Å². The van der Waals surface area contributed by atoms with Crippen LogP contribution in [0.5, 0.6) is 0 Å². The van der Waals surface area contributed by atoms with Crippen molar-refractivity contribution in [2.45, 2.75) is 48.0 Å². The van der Waals surface area contributed by atoms with Gasteiger partial charge in [-0.15, -0.1) is 0 Å². The molecular formula is C31H32NOPS. The standard InChI is InChI=1S/C31H32NOPS/c33-35(29-21-11-4-12-22-29,32-25-26-15-5-1-6-16-26)31-24-14-13-23-30(31)34(27-17-7-2-8-18-27)28-19-9-3-10-20-28/h1-12,15-22,30-31H,13-14,23-25H2. The van der Waals surface area contributed by atoms with Gasteiger partial charge < -0.3 is 0 Å². The monoisotopic (exact) mass is 497 g/mol. The molecule has 4 aromatic rings. The van der Waals surface area contributed by atoms with Gasteiger partial charge in [0.15, 0.2) is 0 Å². The Balaban J connectivity index is 1.64. The molecule has 4 heteroatoms. The topological polar surface area (TPSA) is 29.4 Å². The smallest absolute Gasteiger partial charge is 0.0791 e. The third kappa shape index (κ3) is 5.42. The summed E-state index contributed by atoms with van der Waals surface area (Å²) in [6.07, 6.45) is 4.33. The van der Waals surface area contributed by atoms with E-state index in [0.29, 0.717) is 12.2 Å². The van der Waals surface area contributed by atoms with E-state index in [1.165, 1.54) is 17.0 Å². The van der Waals surface area contributed by atoms with Crippen molar-refractivity contribution in [2.24, 2.45) is 4.36 Å². The highest BCUT2D eigenvalue weighted by Gasteiger charge is 2.40. The van der Waals surface area contributed by atoms with E-state index in [1.807, 2.05) is 48.5 Å². The van der Waals surface area contributed by atoms with Gasteiger partial charge in [0.1, 0.15) is 0 Å². The van der Waals surface area contributed by atoms with Crippen LogP contribution in [0.4, 0.5) is 0 Å². The van der Waals surface area contributed by atoms with Gasteiger partial charge in [-0.25, -0.2) is 8.57 Å². The molecule has 4 aromatic carbocycles. The molecule has 0 aromatic heterocycles. The van der Waals surface area contributed by atoms with Crippen LogP contribution in [0, 0.1) is 0 Å². The van der Waals surface area contributed by atoms with Gasteiger partial charge in [0.2, 0.25) is 0 Å². The number of hydrogen-bond donors (Lipinski definition) is 0. The quantitative estimate of drug-likeness (QED) is 0.249. The van der Waals surface area contributed by atoms with Crippen molar-refractivity contribution in [3.8, 4) is 0 Å². The maximum absolute atomic E-state index is 15.1. The number of nitrogens with zero attached hydrogens (tertiary/aromatic N) is 1. The maximum Gasteiger partial charge on any atom is 0.0791 e. The molecule has 1 aliphatic carbocycles. The molecule has 35 heavy (non-hydrogen) atoms. The molecule has 1 aliphatic rings. The molecular weight excluding hydrogens is 465 g/mol. The minimum absolute atomic E-state index is 0.0221. The van der Waals surface area contributed by atoms with Gasteiger partial charge in [0, 0.05) is 10.6 Å². The second kappa shape index (κ2) is 11.3. The average Bonchev–Trinajstić information content (AvgIpc) is 2.94. The van der Waals surface area contributed by atoms with E-state index in [0.717, 1.165) is 29.7 Å². The van der Waals surface area contributed by atoms with Crippen LogP contribution in [0.1, 0.15) is 31.2 Å². The Morgan fingerprint density at radius 1 is 0.657 bits per heavy atom. The lowest BCUT2D eigenvalue weighted by Crippen LogP contribution is -2.39. The second-order valence-electron chi connectivity index (χ2n) is 9.09. The number of rotatable bonds is 7. The van der Waals surface area contributed by atoms with Crippen molar-refractivity contribution < 1.29 is 4.21 Å². The van der Waals surface area contributed by atoms with Crippen LogP contribution in [-0.4, -0.2) is 15.1 Å². The highest BCUT2D eigenvalue weighted by Crippen LogP contribution is 2.49. The number of benzene rings is 4. The predicted molar refractivity (Wildman–Crippen MR) is 151 cm³/mol. The van der Waals surface area contributed by atoms with E-state index in [-0.39, 0.29) is 5.25 Å². The molecule has 0 bridgehead atoms. The van der Waals surface area contributed by atoms with Crippen molar-refractivity contribution in [1.82, 2.24) is 0 Å². The zero-order chi connectivity index (χ0) is 23.9. The fourth-order valence-corrected chi connectivity index (χ4v) is 11.6. The van der Waals surface area contributed by atoms with Crippen molar-refractivity contribution in [3.63, 3.8) is 0 Å². The maximum atomic E-state index is 15.1. The van der Waals surface area contributed by atoms with E-state index >= 15 is 4.21 Å². The first kappa shape index (κ1) is 24.0. The molecule has 0 saturated heterocycles. The Labute approximate surface area is 211 Å². The van der Waals surface area contributed by atoms with Gasteiger partial charge in [-0.2, -0.15) is 0 Å². The first-order valence-electron chi connectivity index (χ1n) is 12.5. The van der Waals surface area contributed by atoms with E-state index in [1.54, 1.807) is 0 Å². The summed E-state index contributed by atoms with van der Waals surface area (Å²) in [5, 5.41) is 2.75. The molecule has 1 fully saturated rings. The van der Waals surface area contributed by atoms with Crippen LogP contribution in [0.3, 0.4) is 0 Å². The molecule has 0 aliphatic heterocycles. The summed E-state index contributed by atoms with van der Waals surface area (Å²) in [5.41, 5.74) is 1.42. The predicted octanol–water partition coefficient (Wildman–Crippen LogP) is 7.16. The second-order valence-corrected chi connectivity index (χ2v) is 14.0. The minimum Gasteiger partial charge on any atom is -0.244 e. The fraction of sp³-hybridized carbons (Fsp3) is 0.226. The summed E-state index contributed by atoms with van der Waals surface area (Å²) in [6, 6.07) is 42.0. The van der Waals surface area contributed by atoms with Gasteiger partial charge in [-0.05, 0) is 49.1 Å². The summed E-state index contributed by atoms with van der Waals surface area (Å²) >= 11 is 0. The van der Waals surface area contributed by atoms with Gasteiger partial charge in [-0.1, -0.05) is 122 Å². The highest BCUT2D eigenvalue weighted by atomic mass is 32.2. The van der Waals surface area contributed by atoms with Crippen LogP contribution < -0.4 is 10.6 Å². The van der Waals surface area contributed by atoms with E-state index < -0.39 is 17.7 Å². The van der Waals surface area contributed by atoms with Crippen molar-refractivity contribution in [1.29, 1.82) is 0 Å². The normalized spacial score (nSPS) is 19.7. The SMILES string of the molecule is O=S(=NCc1ccccc1)(c1ccccc1)C1CCCCC1P(c1ccccc1)c1ccccc1. The summed E-state index contributed by atoms with van der Waals surface area (Å²) in [4.78, 5) is 0.879. The van der Waals surface area contributed by atoms with Crippen molar-refractivity contribution in [3.05, 3.63) is 127 Å². The number of hydrogen-bond acceptors (Lipinski definition) is 2. The molecule has 178 valence electrons. The van der Waals surface area contributed by atoms with E-state index in [4.69, 9.17) is 4.36 Å².